The van der Waals surface area contributed by atoms with Crippen LogP contribution in [0.15, 0.2) is 71.8 Å². The zero-order valence-electron chi connectivity index (χ0n) is 14.7. The molecule has 0 heterocycles. The second kappa shape index (κ2) is 9.31. The number of benzene rings is 3. The number of hydrazone groups is 1. The molecule has 0 aliphatic heterocycles. The van der Waals surface area contributed by atoms with Gasteiger partial charge in [-0.1, -0.05) is 41.4 Å². The maximum absolute atomic E-state index is 6.16. The van der Waals surface area contributed by atoms with Crippen molar-refractivity contribution in [3.8, 4) is 11.5 Å². The minimum atomic E-state index is 0.363. The van der Waals surface area contributed by atoms with Crippen LogP contribution < -0.4 is 14.9 Å². The fourth-order valence-electron chi connectivity index (χ4n) is 2.36. The summed E-state index contributed by atoms with van der Waals surface area (Å²) < 4.78 is 11.3. The molecule has 0 atom stereocenters. The van der Waals surface area contributed by atoms with Gasteiger partial charge in [-0.25, -0.2) is 0 Å². The first-order valence-corrected chi connectivity index (χ1v) is 9.00. The average Bonchev–Trinajstić information content (AvgIpc) is 2.69. The Labute approximate surface area is 168 Å². The van der Waals surface area contributed by atoms with E-state index in [0.29, 0.717) is 28.2 Å². The Morgan fingerprint density at radius 3 is 2.48 bits per heavy atom. The Bertz CT molecular complexity index is 928. The molecule has 0 bridgehead atoms. The highest BCUT2D eigenvalue weighted by Crippen LogP contribution is 2.29. The lowest BCUT2D eigenvalue weighted by atomic mass is 10.2. The summed E-state index contributed by atoms with van der Waals surface area (Å²) in [6.07, 6.45) is 1.70. The molecule has 4 nitrogen and oxygen atoms in total. The number of rotatable bonds is 7. The van der Waals surface area contributed by atoms with Crippen LogP contribution in [-0.4, -0.2) is 13.3 Å². The summed E-state index contributed by atoms with van der Waals surface area (Å²) in [7, 11) is 1.60. The molecule has 0 aliphatic rings. The molecular weight excluding hydrogens is 383 g/mol. The first-order chi connectivity index (χ1) is 13.2. The van der Waals surface area contributed by atoms with E-state index in [9.17, 15) is 0 Å². The minimum Gasteiger partial charge on any atom is -0.493 e. The number of hydrogen-bond donors (Lipinski definition) is 1. The van der Waals surface area contributed by atoms with Crippen molar-refractivity contribution in [2.75, 3.05) is 12.5 Å². The van der Waals surface area contributed by atoms with E-state index < -0.39 is 0 Å². The number of nitrogens with one attached hydrogen (secondary N) is 1. The molecule has 0 saturated heterocycles. The van der Waals surface area contributed by atoms with Crippen molar-refractivity contribution < 1.29 is 9.47 Å². The summed E-state index contributed by atoms with van der Waals surface area (Å²) >= 11 is 12.0. The fourth-order valence-corrected chi connectivity index (χ4v) is 2.68. The van der Waals surface area contributed by atoms with E-state index in [-0.39, 0.29) is 0 Å². The molecule has 0 unspecified atom stereocenters. The highest BCUT2D eigenvalue weighted by Gasteiger charge is 2.07. The molecule has 138 valence electrons. The van der Waals surface area contributed by atoms with Crippen molar-refractivity contribution in [2.45, 2.75) is 6.61 Å². The molecule has 0 aliphatic carbocycles. The van der Waals surface area contributed by atoms with Gasteiger partial charge < -0.3 is 9.47 Å². The van der Waals surface area contributed by atoms with Crippen LogP contribution >= 0.6 is 23.2 Å². The molecule has 0 saturated carbocycles. The van der Waals surface area contributed by atoms with Gasteiger partial charge in [0.05, 0.1) is 19.0 Å². The summed E-state index contributed by atoms with van der Waals surface area (Å²) in [5, 5.41) is 5.58. The third-order valence-electron chi connectivity index (χ3n) is 3.78. The largest absolute Gasteiger partial charge is 0.493 e. The Morgan fingerprint density at radius 2 is 1.74 bits per heavy atom. The van der Waals surface area contributed by atoms with Crippen LogP contribution in [0.3, 0.4) is 0 Å². The van der Waals surface area contributed by atoms with Gasteiger partial charge in [0.15, 0.2) is 11.5 Å². The van der Waals surface area contributed by atoms with Gasteiger partial charge in [0.25, 0.3) is 0 Å². The Kier molecular flexibility index (Phi) is 6.58. The van der Waals surface area contributed by atoms with Crippen LogP contribution in [0.4, 0.5) is 5.69 Å². The van der Waals surface area contributed by atoms with Crippen LogP contribution in [-0.2, 0) is 6.61 Å². The third kappa shape index (κ3) is 5.39. The highest BCUT2D eigenvalue weighted by atomic mass is 35.5. The number of nitrogens with zero attached hydrogens (tertiary/aromatic N) is 1. The molecule has 3 aromatic rings. The number of anilines is 1. The summed E-state index contributed by atoms with van der Waals surface area (Å²) in [6, 6.07) is 20.5. The molecule has 3 aromatic carbocycles. The average molecular weight is 401 g/mol. The smallest absolute Gasteiger partial charge is 0.161 e. The maximum Gasteiger partial charge on any atom is 0.161 e. The SMILES string of the molecule is COc1cc(/C=N\Nc2ccc(Cl)cc2)ccc1OCc1ccccc1Cl. The predicted octanol–water partition coefficient (Wildman–Crippen LogP) is 6.03. The van der Waals surface area contributed by atoms with Gasteiger partial charge in [0.2, 0.25) is 0 Å². The predicted molar refractivity (Wildman–Crippen MR) is 111 cm³/mol. The lowest BCUT2D eigenvalue weighted by molar-refractivity contribution is 0.284. The van der Waals surface area contributed by atoms with Gasteiger partial charge in [-0.2, -0.15) is 5.10 Å². The van der Waals surface area contributed by atoms with Crippen LogP contribution in [0, 0.1) is 0 Å². The molecule has 27 heavy (non-hydrogen) atoms. The number of methoxy groups -OCH3 is 1. The van der Waals surface area contributed by atoms with Crippen molar-refractivity contribution in [2.24, 2.45) is 5.10 Å². The first kappa shape index (κ1) is 19.1. The quantitative estimate of drug-likeness (QED) is 0.389. The summed E-state index contributed by atoms with van der Waals surface area (Å²) in [5.74, 6) is 1.26. The first-order valence-electron chi connectivity index (χ1n) is 8.24. The van der Waals surface area contributed by atoms with Crippen LogP contribution in [0.1, 0.15) is 11.1 Å². The molecule has 1 N–H and O–H groups in total. The molecule has 0 radical (unpaired) electrons. The van der Waals surface area contributed by atoms with E-state index in [1.807, 2.05) is 54.6 Å². The summed E-state index contributed by atoms with van der Waals surface area (Å²) in [4.78, 5) is 0. The van der Waals surface area contributed by atoms with Gasteiger partial charge in [-0.15, -0.1) is 0 Å². The lowest BCUT2D eigenvalue weighted by Crippen LogP contribution is -1.99. The van der Waals surface area contributed by atoms with E-state index in [1.165, 1.54) is 0 Å². The monoisotopic (exact) mass is 400 g/mol. The van der Waals surface area contributed by atoms with Gasteiger partial charge >= 0.3 is 0 Å². The molecule has 3 rings (SSSR count). The second-order valence-electron chi connectivity index (χ2n) is 5.67. The normalized spacial score (nSPS) is 10.8. The van der Waals surface area contributed by atoms with Crippen molar-refractivity contribution in [1.29, 1.82) is 0 Å². The van der Waals surface area contributed by atoms with Crippen LogP contribution in [0.25, 0.3) is 0 Å². The zero-order chi connectivity index (χ0) is 19.1. The molecule has 0 spiro atoms. The molecule has 0 fully saturated rings. The summed E-state index contributed by atoms with van der Waals surface area (Å²) in [5.41, 5.74) is 5.59. The number of hydrogen-bond acceptors (Lipinski definition) is 4. The molecule has 0 aromatic heterocycles. The van der Waals surface area contributed by atoms with Gasteiger partial charge in [0.1, 0.15) is 6.61 Å². The van der Waals surface area contributed by atoms with E-state index in [4.69, 9.17) is 32.7 Å². The molecular formula is C21H18Cl2N2O2. The maximum atomic E-state index is 6.16. The van der Waals surface area contributed by atoms with E-state index in [1.54, 1.807) is 25.5 Å². The Morgan fingerprint density at radius 1 is 0.963 bits per heavy atom. The zero-order valence-corrected chi connectivity index (χ0v) is 16.2. The highest BCUT2D eigenvalue weighted by molar-refractivity contribution is 6.31. The van der Waals surface area contributed by atoms with Crippen LogP contribution in [0.5, 0.6) is 11.5 Å². The van der Waals surface area contributed by atoms with Gasteiger partial charge in [-0.05, 0) is 54.1 Å². The number of ether oxygens (including phenoxy) is 2. The lowest BCUT2D eigenvalue weighted by Gasteiger charge is -2.12. The van der Waals surface area contributed by atoms with E-state index in [2.05, 4.69) is 10.5 Å². The topological polar surface area (TPSA) is 42.8 Å². The number of halogens is 2. The van der Waals surface area contributed by atoms with Gasteiger partial charge in [0, 0.05) is 15.6 Å². The Hall–Kier alpha value is -2.69. The molecule has 6 heteroatoms. The second-order valence-corrected chi connectivity index (χ2v) is 6.51. The van der Waals surface area contributed by atoms with E-state index >= 15 is 0 Å². The third-order valence-corrected chi connectivity index (χ3v) is 4.40. The van der Waals surface area contributed by atoms with Crippen LogP contribution in [0.2, 0.25) is 10.0 Å². The fraction of sp³-hybridized carbons (Fsp3) is 0.0952. The van der Waals surface area contributed by atoms with Crippen molar-refractivity contribution in [3.63, 3.8) is 0 Å². The standard InChI is InChI=1S/C21H18Cl2N2O2/c1-26-21-12-15(13-24-25-18-9-7-17(22)8-10-18)6-11-20(21)27-14-16-4-2-3-5-19(16)23/h2-13,25H,14H2,1H3/b24-13-. The summed E-state index contributed by atoms with van der Waals surface area (Å²) in [6.45, 7) is 0.363. The Balaban J connectivity index is 1.65. The minimum absolute atomic E-state index is 0.363. The van der Waals surface area contributed by atoms with Gasteiger partial charge in [-0.3, -0.25) is 5.43 Å². The van der Waals surface area contributed by atoms with Crippen molar-refractivity contribution in [1.82, 2.24) is 0 Å². The molecule has 0 amide bonds. The van der Waals surface area contributed by atoms with E-state index in [0.717, 1.165) is 16.8 Å². The van der Waals surface area contributed by atoms with Crippen molar-refractivity contribution >= 4 is 35.1 Å². The van der Waals surface area contributed by atoms with Crippen molar-refractivity contribution in [3.05, 3.63) is 87.9 Å².